The zero-order valence-electron chi connectivity index (χ0n) is 11.1. The van der Waals surface area contributed by atoms with Crippen molar-refractivity contribution in [2.24, 2.45) is 5.92 Å². The molecule has 0 aromatic carbocycles. The number of nitrogens with zero attached hydrogens (tertiary/aromatic N) is 2. The normalized spacial score (nSPS) is 36.9. The van der Waals surface area contributed by atoms with Gasteiger partial charge in [-0.3, -0.25) is 9.69 Å². The first-order chi connectivity index (χ1) is 8.67. The average Bonchev–Trinajstić information content (AvgIpc) is 2.27. The lowest BCUT2D eigenvalue weighted by Gasteiger charge is -2.47. The van der Waals surface area contributed by atoms with Crippen LogP contribution in [0.1, 0.15) is 38.5 Å². The number of hydrogen-bond acceptors (Lipinski definition) is 3. The first kappa shape index (κ1) is 12.4. The summed E-state index contributed by atoms with van der Waals surface area (Å²) in [7, 11) is 0. The Kier molecular flexibility index (Phi) is 3.32. The number of likely N-dealkylation sites (tertiary alicyclic amines) is 2. The van der Waals surface area contributed by atoms with E-state index in [4.69, 9.17) is 0 Å². The molecule has 102 valence electrons. The van der Waals surface area contributed by atoms with E-state index in [0.717, 1.165) is 51.9 Å². The van der Waals surface area contributed by atoms with E-state index in [2.05, 4.69) is 4.90 Å². The lowest BCUT2D eigenvalue weighted by atomic mass is 9.71. The summed E-state index contributed by atoms with van der Waals surface area (Å²) in [6.07, 6.45) is 6.51. The quantitative estimate of drug-likeness (QED) is 0.792. The summed E-state index contributed by atoms with van der Waals surface area (Å²) in [5, 5.41) is 10.6. The number of amides is 1. The molecular weight excluding hydrogens is 228 g/mol. The third-order valence-corrected chi connectivity index (χ3v) is 5.08. The van der Waals surface area contributed by atoms with Crippen LogP contribution >= 0.6 is 0 Å². The number of aliphatic hydroxyl groups is 1. The predicted octanol–water partition coefficient (Wildman–Crippen LogP) is 0.846. The number of hydrogen-bond donors (Lipinski definition) is 1. The van der Waals surface area contributed by atoms with Crippen LogP contribution in [-0.2, 0) is 4.79 Å². The Morgan fingerprint density at radius 1 is 1.17 bits per heavy atom. The third kappa shape index (κ3) is 2.28. The summed E-state index contributed by atoms with van der Waals surface area (Å²) < 4.78 is 0. The molecule has 0 radical (unpaired) electrons. The number of piperidine rings is 1. The summed E-state index contributed by atoms with van der Waals surface area (Å²) in [6.45, 7) is 4.25. The molecule has 4 heteroatoms. The molecule has 2 unspecified atom stereocenters. The molecule has 0 aromatic heterocycles. The number of carbonyl (C=O) groups is 1. The molecular formula is C14H24N2O2. The fourth-order valence-electron chi connectivity index (χ4n) is 3.64. The van der Waals surface area contributed by atoms with E-state index in [-0.39, 0.29) is 5.91 Å². The molecule has 0 aromatic rings. The van der Waals surface area contributed by atoms with Gasteiger partial charge in [0.1, 0.15) is 0 Å². The molecule has 2 aliphatic heterocycles. The second kappa shape index (κ2) is 4.82. The van der Waals surface area contributed by atoms with Gasteiger partial charge in [-0.15, -0.1) is 0 Å². The minimum Gasteiger partial charge on any atom is -0.390 e. The Morgan fingerprint density at radius 3 is 2.72 bits per heavy atom. The van der Waals surface area contributed by atoms with Crippen LogP contribution in [0, 0.1) is 5.92 Å². The minimum atomic E-state index is -0.422. The molecule has 1 N–H and O–H groups in total. The highest BCUT2D eigenvalue weighted by atomic mass is 16.3. The van der Waals surface area contributed by atoms with Crippen molar-refractivity contribution in [2.45, 2.75) is 44.1 Å². The summed E-state index contributed by atoms with van der Waals surface area (Å²) >= 11 is 0. The highest BCUT2D eigenvalue weighted by Gasteiger charge is 2.43. The highest BCUT2D eigenvalue weighted by Crippen LogP contribution is 2.39. The molecule has 3 fully saturated rings. The second-order valence-corrected chi connectivity index (χ2v) is 6.27. The van der Waals surface area contributed by atoms with Gasteiger partial charge in [0.25, 0.3) is 0 Å². The van der Waals surface area contributed by atoms with Gasteiger partial charge in [0, 0.05) is 32.1 Å². The molecule has 3 aliphatic rings. The summed E-state index contributed by atoms with van der Waals surface area (Å²) in [6, 6.07) is 0. The van der Waals surface area contributed by atoms with Gasteiger partial charge in [0.2, 0.25) is 5.91 Å². The van der Waals surface area contributed by atoms with Crippen LogP contribution in [0.4, 0.5) is 0 Å². The molecule has 18 heavy (non-hydrogen) atoms. The zero-order chi connectivity index (χ0) is 12.6. The van der Waals surface area contributed by atoms with Gasteiger partial charge >= 0.3 is 0 Å². The van der Waals surface area contributed by atoms with Crippen molar-refractivity contribution in [2.75, 3.05) is 32.7 Å². The molecule has 2 saturated heterocycles. The van der Waals surface area contributed by atoms with Crippen molar-refractivity contribution in [1.29, 1.82) is 0 Å². The number of fused-ring (bicyclic) bond motifs is 1. The van der Waals surface area contributed by atoms with Gasteiger partial charge in [-0.25, -0.2) is 0 Å². The van der Waals surface area contributed by atoms with Crippen molar-refractivity contribution >= 4 is 5.91 Å². The summed E-state index contributed by atoms with van der Waals surface area (Å²) in [4.78, 5) is 16.2. The molecule has 1 aliphatic carbocycles. The lowest BCUT2D eigenvalue weighted by Crippen LogP contribution is -2.56. The minimum absolute atomic E-state index is 0.280. The molecule has 0 spiro atoms. The third-order valence-electron chi connectivity index (χ3n) is 5.08. The van der Waals surface area contributed by atoms with Gasteiger partial charge < -0.3 is 10.0 Å². The molecule has 0 bridgehead atoms. The largest absolute Gasteiger partial charge is 0.390 e. The Bertz CT molecular complexity index is 330. The molecule has 1 amide bonds. The predicted molar refractivity (Wildman–Crippen MR) is 69.2 cm³/mol. The maximum atomic E-state index is 12.0. The summed E-state index contributed by atoms with van der Waals surface area (Å²) in [5.41, 5.74) is -0.422. The zero-order valence-corrected chi connectivity index (χ0v) is 11.1. The van der Waals surface area contributed by atoms with Crippen LogP contribution < -0.4 is 0 Å². The van der Waals surface area contributed by atoms with E-state index in [0.29, 0.717) is 12.5 Å². The van der Waals surface area contributed by atoms with Crippen molar-refractivity contribution in [1.82, 2.24) is 9.80 Å². The van der Waals surface area contributed by atoms with Gasteiger partial charge in [0.05, 0.1) is 12.1 Å². The van der Waals surface area contributed by atoms with Crippen LogP contribution in [0.2, 0.25) is 0 Å². The van der Waals surface area contributed by atoms with Crippen molar-refractivity contribution in [3.8, 4) is 0 Å². The van der Waals surface area contributed by atoms with Gasteiger partial charge in [-0.1, -0.05) is 12.8 Å². The van der Waals surface area contributed by atoms with Crippen molar-refractivity contribution in [3.05, 3.63) is 0 Å². The first-order valence-electron chi connectivity index (χ1n) is 7.40. The van der Waals surface area contributed by atoms with E-state index in [1.807, 2.05) is 4.90 Å². The fourth-order valence-corrected chi connectivity index (χ4v) is 3.64. The Morgan fingerprint density at radius 2 is 2.00 bits per heavy atom. The van der Waals surface area contributed by atoms with Crippen LogP contribution in [0.15, 0.2) is 0 Å². The molecule has 2 atom stereocenters. The van der Waals surface area contributed by atoms with E-state index < -0.39 is 5.60 Å². The first-order valence-corrected chi connectivity index (χ1v) is 7.40. The van der Waals surface area contributed by atoms with Crippen molar-refractivity contribution in [3.63, 3.8) is 0 Å². The molecule has 3 rings (SSSR count). The molecule has 4 nitrogen and oxygen atoms in total. The lowest BCUT2D eigenvalue weighted by molar-refractivity contribution is -0.140. The van der Waals surface area contributed by atoms with Gasteiger partial charge in [-0.05, 0) is 25.7 Å². The van der Waals surface area contributed by atoms with Crippen LogP contribution in [-0.4, -0.2) is 59.1 Å². The van der Waals surface area contributed by atoms with Gasteiger partial charge in [0.15, 0.2) is 0 Å². The standard InChI is InChI=1S/C14H24N2O2/c17-13(16-7-3-8-16)11-15-9-6-14(18)5-2-1-4-12(14)10-15/h12,18H,1-11H2. The Hall–Kier alpha value is -0.610. The highest BCUT2D eigenvalue weighted by molar-refractivity contribution is 5.78. The van der Waals surface area contributed by atoms with E-state index >= 15 is 0 Å². The Balaban J connectivity index is 1.54. The second-order valence-electron chi connectivity index (χ2n) is 6.27. The van der Waals surface area contributed by atoms with E-state index in [1.54, 1.807) is 0 Å². The summed E-state index contributed by atoms with van der Waals surface area (Å²) in [5.74, 6) is 0.673. The maximum absolute atomic E-state index is 12.0. The van der Waals surface area contributed by atoms with E-state index in [9.17, 15) is 9.90 Å². The molecule has 1 saturated carbocycles. The Labute approximate surface area is 109 Å². The van der Waals surface area contributed by atoms with E-state index in [1.165, 1.54) is 12.8 Å². The number of carbonyl (C=O) groups excluding carboxylic acids is 1. The molecule has 2 heterocycles. The SMILES string of the molecule is O=C(CN1CCC2(O)CCCCC2C1)N1CCC1. The van der Waals surface area contributed by atoms with Gasteiger partial charge in [-0.2, -0.15) is 0 Å². The van der Waals surface area contributed by atoms with Crippen LogP contribution in [0.5, 0.6) is 0 Å². The average molecular weight is 252 g/mol. The number of rotatable bonds is 2. The smallest absolute Gasteiger partial charge is 0.236 e. The van der Waals surface area contributed by atoms with Crippen molar-refractivity contribution < 1.29 is 9.90 Å². The fraction of sp³-hybridized carbons (Fsp3) is 0.929. The monoisotopic (exact) mass is 252 g/mol. The topological polar surface area (TPSA) is 43.8 Å². The van der Waals surface area contributed by atoms with Crippen LogP contribution in [0.3, 0.4) is 0 Å². The maximum Gasteiger partial charge on any atom is 0.236 e. The van der Waals surface area contributed by atoms with Crippen LogP contribution in [0.25, 0.3) is 0 Å².